The molecule has 4 rings (SSSR count). The molecule has 1 N–H and O–H groups in total. The van der Waals surface area contributed by atoms with Gasteiger partial charge in [0.1, 0.15) is 6.33 Å². The lowest BCUT2D eigenvalue weighted by Gasteiger charge is -2.41. The molecule has 1 aliphatic rings. The molecular formula is C21H22ClN3O2. The molecule has 140 valence electrons. The van der Waals surface area contributed by atoms with Crippen LogP contribution in [0.1, 0.15) is 30.6 Å². The number of amides is 1. The molecule has 0 spiro atoms. The number of aromatic nitrogens is 2. The molecule has 1 aromatic heterocycles. The number of fused-ring (bicyclic) bond motifs is 1. The Kier molecular flexibility index (Phi) is 4.44. The summed E-state index contributed by atoms with van der Waals surface area (Å²) in [7, 11) is 0. The summed E-state index contributed by atoms with van der Waals surface area (Å²) in [6, 6.07) is 13.1. The number of benzene rings is 2. The van der Waals surface area contributed by atoms with E-state index < -0.39 is 0 Å². The summed E-state index contributed by atoms with van der Waals surface area (Å²) in [5.74, 6) is -0.0132. The number of nitrogens with zero attached hydrogens (tertiary/aromatic N) is 3. The van der Waals surface area contributed by atoms with Gasteiger partial charge in [-0.3, -0.25) is 9.36 Å². The van der Waals surface area contributed by atoms with Crippen LogP contribution in [0.3, 0.4) is 0 Å². The van der Waals surface area contributed by atoms with Crippen LogP contribution < -0.4 is 0 Å². The number of aliphatic hydroxyl groups is 1. The average molecular weight is 384 g/mol. The van der Waals surface area contributed by atoms with Gasteiger partial charge in [-0.2, -0.15) is 0 Å². The minimum Gasteiger partial charge on any atom is -0.392 e. The molecule has 27 heavy (non-hydrogen) atoms. The van der Waals surface area contributed by atoms with Crippen molar-refractivity contribution in [3.05, 3.63) is 59.4 Å². The van der Waals surface area contributed by atoms with Gasteiger partial charge in [-0.25, -0.2) is 4.98 Å². The number of hydrogen-bond acceptors (Lipinski definition) is 3. The van der Waals surface area contributed by atoms with Gasteiger partial charge in [-0.1, -0.05) is 25.4 Å². The fraction of sp³-hybridized carbons (Fsp3) is 0.333. The molecule has 1 amide bonds. The SMILES string of the molecule is CC1(C)CN(C(=O)c2ccc3ncn(-c4ccc(Cl)cc4)c3c2)CCC1O. The summed E-state index contributed by atoms with van der Waals surface area (Å²) < 4.78 is 1.95. The van der Waals surface area contributed by atoms with Crippen molar-refractivity contribution in [2.24, 2.45) is 5.41 Å². The largest absolute Gasteiger partial charge is 0.392 e. The van der Waals surface area contributed by atoms with E-state index in [1.807, 2.05) is 65.8 Å². The van der Waals surface area contributed by atoms with Crippen LogP contribution >= 0.6 is 11.6 Å². The maximum atomic E-state index is 13.0. The van der Waals surface area contributed by atoms with Gasteiger partial charge >= 0.3 is 0 Å². The Morgan fingerprint density at radius 1 is 1.22 bits per heavy atom. The van der Waals surface area contributed by atoms with E-state index in [-0.39, 0.29) is 17.4 Å². The molecule has 1 saturated heterocycles. The van der Waals surface area contributed by atoms with E-state index in [0.29, 0.717) is 30.1 Å². The lowest BCUT2D eigenvalue weighted by atomic mass is 9.81. The molecule has 1 fully saturated rings. The Labute approximate surface area is 163 Å². The van der Waals surface area contributed by atoms with Crippen LogP contribution in [0.2, 0.25) is 5.02 Å². The van der Waals surface area contributed by atoms with Gasteiger partial charge < -0.3 is 10.0 Å². The summed E-state index contributed by atoms with van der Waals surface area (Å²) in [6.45, 7) is 5.10. The molecule has 0 saturated carbocycles. The zero-order valence-corrected chi connectivity index (χ0v) is 16.1. The quantitative estimate of drug-likeness (QED) is 0.729. The van der Waals surface area contributed by atoms with Crippen LogP contribution in [0.25, 0.3) is 16.7 Å². The van der Waals surface area contributed by atoms with E-state index in [4.69, 9.17) is 11.6 Å². The number of rotatable bonds is 2. The molecule has 6 heteroatoms. The van der Waals surface area contributed by atoms with Gasteiger partial charge in [0.15, 0.2) is 0 Å². The lowest BCUT2D eigenvalue weighted by molar-refractivity contribution is -0.0182. The Balaban J connectivity index is 1.68. The van der Waals surface area contributed by atoms with Crippen molar-refractivity contribution in [2.75, 3.05) is 13.1 Å². The second kappa shape index (κ2) is 6.66. The number of aliphatic hydroxyl groups excluding tert-OH is 1. The van der Waals surface area contributed by atoms with E-state index in [2.05, 4.69) is 4.98 Å². The Hall–Kier alpha value is -2.37. The first-order chi connectivity index (χ1) is 12.8. The van der Waals surface area contributed by atoms with Crippen LogP contribution in [0.4, 0.5) is 0 Å². The summed E-state index contributed by atoms with van der Waals surface area (Å²) in [5, 5.41) is 10.8. The van der Waals surface area contributed by atoms with Gasteiger partial charge in [-0.15, -0.1) is 0 Å². The number of carbonyl (C=O) groups excluding carboxylic acids is 1. The zero-order valence-electron chi connectivity index (χ0n) is 15.4. The number of likely N-dealkylation sites (tertiary alicyclic amines) is 1. The van der Waals surface area contributed by atoms with E-state index in [9.17, 15) is 9.90 Å². The highest BCUT2D eigenvalue weighted by molar-refractivity contribution is 6.30. The third kappa shape index (κ3) is 3.33. The molecule has 0 radical (unpaired) electrons. The number of halogens is 1. The molecule has 3 aromatic rings. The average Bonchev–Trinajstić information content (AvgIpc) is 3.07. The third-order valence-corrected chi connectivity index (χ3v) is 5.61. The number of hydrogen-bond donors (Lipinski definition) is 1. The van der Waals surface area contributed by atoms with Gasteiger partial charge in [0.25, 0.3) is 5.91 Å². The van der Waals surface area contributed by atoms with Crippen molar-refractivity contribution in [1.29, 1.82) is 0 Å². The first-order valence-electron chi connectivity index (χ1n) is 9.05. The summed E-state index contributed by atoms with van der Waals surface area (Å²) in [5.41, 5.74) is 2.97. The number of piperidine rings is 1. The smallest absolute Gasteiger partial charge is 0.253 e. The predicted molar refractivity (Wildman–Crippen MR) is 106 cm³/mol. The molecule has 1 unspecified atom stereocenters. The van der Waals surface area contributed by atoms with E-state index in [0.717, 1.165) is 16.7 Å². The minimum atomic E-state index is -0.379. The van der Waals surface area contributed by atoms with Crippen LogP contribution in [0.15, 0.2) is 48.8 Å². The molecule has 1 atom stereocenters. The van der Waals surface area contributed by atoms with Crippen molar-refractivity contribution in [3.63, 3.8) is 0 Å². The number of imidazole rings is 1. The van der Waals surface area contributed by atoms with Crippen LogP contribution in [-0.4, -0.2) is 44.7 Å². The molecule has 2 aromatic carbocycles. The van der Waals surface area contributed by atoms with Crippen LogP contribution in [0, 0.1) is 5.41 Å². The normalized spacial score (nSPS) is 19.4. The molecule has 1 aliphatic heterocycles. The van der Waals surface area contributed by atoms with Gasteiger partial charge in [-0.05, 0) is 48.9 Å². The molecule has 2 heterocycles. The monoisotopic (exact) mass is 383 g/mol. The Bertz CT molecular complexity index is 994. The van der Waals surface area contributed by atoms with E-state index in [1.165, 1.54) is 0 Å². The van der Waals surface area contributed by atoms with E-state index in [1.54, 1.807) is 6.33 Å². The molecular weight excluding hydrogens is 362 g/mol. The standard InChI is InChI=1S/C21H22ClN3O2/c1-21(2)12-24(10-9-19(21)26)20(27)14-3-8-17-18(11-14)25(13-23-17)16-6-4-15(22)5-7-16/h3-8,11,13,19,26H,9-10,12H2,1-2H3. The van der Waals surface area contributed by atoms with Crippen molar-refractivity contribution in [1.82, 2.24) is 14.5 Å². The van der Waals surface area contributed by atoms with Crippen molar-refractivity contribution in [3.8, 4) is 5.69 Å². The van der Waals surface area contributed by atoms with Gasteiger partial charge in [0.2, 0.25) is 0 Å². The highest BCUT2D eigenvalue weighted by Crippen LogP contribution is 2.30. The minimum absolute atomic E-state index is 0.0132. The van der Waals surface area contributed by atoms with Crippen LogP contribution in [-0.2, 0) is 0 Å². The topological polar surface area (TPSA) is 58.4 Å². The van der Waals surface area contributed by atoms with Crippen LogP contribution in [0.5, 0.6) is 0 Å². The highest BCUT2D eigenvalue weighted by Gasteiger charge is 2.36. The molecule has 5 nitrogen and oxygen atoms in total. The van der Waals surface area contributed by atoms with Crippen molar-refractivity contribution in [2.45, 2.75) is 26.4 Å². The predicted octanol–water partition coefficient (Wildman–Crippen LogP) is 3.91. The zero-order chi connectivity index (χ0) is 19.2. The maximum absolute atomic E-state index is 13.0. The van der Waals surface area contributed by atoms with Gasteiger partial charge in [0, 0.05) is 34.8 Å². The van der Waals surface area contributed by atoms with E-state index >= 15 is 0 Å². The molecule has 0 bridgehead atoms. The van der Waals surface area contributed by atoms with Gasteiger partial charge in [0.05, 0.1) is 17.1 Å². The molecule has 0 aliphatic carbocycles. The number of carbonyl (C=O) groups is 1. The summed E-state index contributed by atoms with van der Waals surface area (Å²) >= 11 is 5.98. The third-order valence-electron chi connectivity index (χ3n) is 5.36. The lowest BCUT2D eigenvalue weighted by Crippen LogP contribution is -2.50. The first kappa shape index (κ1) is 18.0. The fourth-order valence-electron chi connectivity index (χ4n) is 3.65. The fourth-order valence-corrected chi connectivity index (χ4v) is 3.78. The second-order valence-electron chi connectivity index (χ2n) is 7.81. The van der Waals surface area contributed by atoms with Crippen molar-refractivity contribution < 1.29 is 9.90 Å². The Morgan fingerprint density at radius 3 is 2.67 bits per heavy atom. The summed E-state index contributed by atoms with van der Waals surface area (Å²) in [6.07, 6.45) is 1.97. The second-order valence-corrected chi connectivity index (χ2v) is 8.25. The first-order valence-corrected chi connectivity index (χ1v) is 9.43. The van der Waals surface area contributed by atoms with Crippen molar-refractivity contribution >= 4 is 28.5 Å². The maximum Gasteiger partial charge on any atom is 0.253 e. The summed E-state index contributed by atoms with van der Waals surface area (Å²) in [4.78, 5) is 19.3. The Morgan fingerprint density at radius 2 is 1.96 bits per heavy atom. The highest BCUT2D eigenvalue weighted by atomic mass is 35.5.